The van der Waals surface area contributed by atoms with Crippen molar-refractivity contribution in [1.82, 2.24) is 14.3 Å². The molecule has 0 fully saturated rings. The van der Waals surface area contributed by atoms with Crippen molar-refractivity contribution in [3.63, 3.8) is 0 Å². The summed E-state index contributed by atoms with van der Waals surface area (Å²) >= 11 is 0. The number of Topliss-reactive ketones (excluding diaryl/α,β-unsaturated/α-hetero) is 1. The molecule has 0 radical (unpaired) electrons. The molecule has 0 saturated carbocycles. The van der Waals surface area contributed by atoms with Crippen molar-refractivity contribution in [1.29, 1.82) is 0 Å². The first kappa shape index (κ1) is 19.5. The number of hydrogen-bond donors (Lipinski definition) is 0. The summed E-state index contributed by atoms with van der Waals surface area (Å²) in [4.78, 5) is 23.5. The van der Waals surface area contributed by atoms with Crippen LogP contribution in [0.5, 0.6) is 0 Å². The van der Waals surface area contributed by atoms with Gasteiger partial charge in [0.25, 0.3) is 0 Å². The summed E-state index contributed by atoms with van der Waals surface area (Å²) in [6.07, 6.45) is 0. The fraction of sp³-hybridized carbons (Fsp3) is 0.300. The van der Waals surface area contributed by atoms with Gasteiger partial charge in [0, 0.05) is 23.5 Å². The Labute approximate surface area is 161 Å². The molecule has 0 unspecified atom stereocenters. The third-order valence-electron chi connectivity index (χ3n) is 4.95. The van der Waals surface area contributed by atoms with Gasteiger partial charge in [-0.25, -0.2) is 4.39 Å². The predicted molar refractivity (Wildman–Crippen MR) is 102 cm³/mol. The lowest BCUT2D eigenvalue weighted by Gasteiger charge is -2.10. The number of aryl methyl sites for hydroxylation is 2. The van der Waals surface area contributed by atoms with Crippen LogP contribution in [0, 0.1) is 43.6 Å². The van der Waals surface area contributed by atoms with Gasteiger partial charge in [-0.15, -0.1) is 0 Å². The van der Waals surface area contributed by atoms with Crippen LogP contribution in [0.4, 0.5) is 10.1 Å². The van der Waals surface area contributed by atoms with Gasteiger partial charge < -0.3 is 4.57 Å². The van der Waals surface area contributed by atoms with E-state index in [1.807, 2.05) is 18.4 Å². The Morgan fingerprint density at radius 2 is 1.79 bits per heavy atom. The molecule has 0 spiro atoms. The van der Waals surface area contributed by atoms with Crippen molar-refractivity contribution < 1.29 is 14.1 Å². The second-order valence-electron chi connectivity index (χ2n) is 6.85. The van der Waals surface area contributed by atoms with Crippen molar-refractivity contribution in [2.75, 3.05) is 0 Å². The lowest BCUT2D eigenvalue weighted by molar-refractivity contribution is -0.386. The van der Waals surface area contributed by atoms with Crippen LogP contribution in [0.3, 0.4) is 0 Å². The van der Waals surface area contributed by atoms with Gasteiger partial charge in [-0.1, -0.05) is 12.1 Å². The second-order valence-corrected chi connectivity index (χ2v) is 6.85. The molecular formula is C20H21FN4O3. The first-order valence-corrected chi connectivity index (χ1v) is 8.81. The van der Waals surface area contributed by atoms with Gasteiger partial charge >= 0.3 is 5.69 Å². The van der Waals surface area contributed by atoms with Crippen LogP contribution in [0.25, 0.3) is 0 Å². The van der Waals surface area contributed by atoms with Crippen LogP contribution in [0.2, 0.25) is 0 Å². The average molecular weight is 384 g/mol. The van der Waals surface area contributed by atoms with Crippen molar-refractivity contribution in [2.24, 2.45) is 0 Å². The first-order chi connectivity index (χ1) is 13.2. The SMILES string of the molecule is Cc1nn(CC(=O)c2cc(C)n(Cc3ccc(F)cc3)c2C)c(C)c1[N+](=O)[O-]. The molecule has 0 atom stereocenters. The van der Waals surface area contributed by atoms with E-state index in [1.54, 1.807) is 32.0 Å². The van der Waals surface area contributed by atoms with Crippen molar-refractivity contribution in [3.05, 3.63) is 80.2 Å². The third-order valence-corrected chi connectivity index (χ3v) is 4.95. The fourth-order valence-corrected chi connectivity index (χ4v) is 3.43. The van der Waals surface area contributed by atoms with Gasteiger partial charge in [-0.2, -0.15) is 5.10 Å². The molecule has 3 aromatic rings. The van der Waals surface area contributed by atoms with Crippen LogP contribution in [-0.2, 0) is 13.1 Å². The van der Waals surface area contributed by atoms with Crippen LogP contribution in [0.15, 0.2) is 30.3 Å². The van der Waals surface area contributed by atoms with E-state index < -0.39 is 4.92 Å². The minimum absolute atomic E-state index is 0.0606. The second kappa shape index (κ2) is 7.38. The summed E-state index contributed by atoms with van der Waals surface area (Å²) in [5, 5.41) is 15.3. The maximum absolute atomic E-state index is 13.1. The summed E-state index contributed by atoms with van der Waals surface area (Å²) in [6, 6.07) is 8.05. The van der Waals surface area contributed by atoms with Crippen molar-refractivity contribution >= 4 is 11.5 Å². The average Bonchev–Trinajstić information content (AvgIpc) is 3.06. The minimum Gasteiger partial charge on any atom is -0.344 e. The van der Waals surface area contributed by atoms with Crippen LogP contribution in [-0.4, -0.2) is 25.1 Å². The van der Waals surface area contributed by atoms with E-state index in [1.165, 1.54) is 16.8 Å². The number of rotatable bonds is 6. The lowest BCUT2D eigenvalue weighted by atomic mass is 10.1. The number of benzene rings is 1. The quantitative estimate of drug-likeness (QED) is 0.367. The maximum atomic E-state index is 13.1. The highest BCUT2D eigenvalue weighted by Crippen LogP contribution is 2.23. The molecule has 1 aromatic carbocycles. The summed E-state index contributed by atoms with van der Waals surface area (Å²) in [6.45, 7) is 7.36. The number of halogens is 1. The zero-order valence-electron chi connectivity index (χ0n) is 16.2. The van der Waals surface area contributed by atoms with Crippen LogP contribution in [0.1, 0.15) is 38.7 Å². The van der Waals surface area contributed by atoms with E-state index in [9.17, 15) is 19.3 Å². The van der Waals surface area contributed by atoms with Gasteiger partial charge in [-0.05, 0) is 51.5 Å². The highest BCUT2D eigenvalue weighted by molar-refractivity contribution is 5.97. The molecule has 3 rings (SSSR count). The predicted octanol–water partition coefficient (Wildman–Crippen LogP) is 3.90. The van der Waals surface area contributed by atoms with Crippen molar-refractivity contribution in [3.8, 4) is 0 Å². The van der Waals surface area contributed by atoms with Crippen molar-refractivity contribution in [2.45, 2.75) is 40.8 Å². The molecule has 0 bridgehead atoms. The number of hydrogen-bond acceptors (Lipinski definition) is 4. The lowest BCUT2D eigenvalue weighted by Crippen LogP contribution is -2.14. The summed E-state index contributed by atoms with van der Waals surface area (Å²) < 4.78 is 16.5. The number of aromatic nitrogens is 3. The highest BCUT2D eigenvalue weighted by Gasteiger charge is 2.24. The van der Waals surface area contributed by atoms with Gasteiger partial charge in [0.05, 0.1) is 4.92 Å². The molecular weight excluding hydrogens is 363 g/mol. The number of carbonyl (C=O) groups excluding carboxylic acids is 1. The zero-order chi connectivity index (χ0) is 20.6. The number of nitrogens with zero attached hydrogens (tertiary/aromatic N) is 4. The number of ketones is 1. The molecule has 0 amide bonds. The Kier molecular flexibility index (Phi) is 5.13. The molecule has 0 aliphatic heterocycles. The summed E-state index contributed by atoms with van der Waals surface area (Å²) in [7, 11) is 0. The molecule has 8 heteroatoms. The Morgan fingerprint density at radius 1 is 1.14 bits per heavy atom. The Bertz CT molecular complexity index is 1060. The maximum Gasteiger partial charge on any atom is 0.312 e. The normalized spacial score (nSPS) is 11.0. The van der Waals surface area contributed by atoms with E-state index in [0.29, 0.717) is 17.8 Å². The highest BCUT2D eigenvalue weighted by atomic mass is 19.1. The summed E-state index contributed by atoms with van der Waals surface area (Å²) in [5.41, 5.74) is 3.77. The fourth-order valence-electron chi connectivity index (χ4n) is 3.43. The molecule has 0 N–H and O–H groups in total. The molecule has 0 aliphatic rings. The largest absolute Gasteiger partial charge is 0.344 e. The molecule has 146 valence electrons. The molecule has 2 aromatic heterocycles. The number of nitro groups is 1. The molecule has 0 aliphatic carbocycles. The molecule has 2 heterocycles. The monoisotopic (exact) mass is 384 g/mol. The van der Waals surface area contributed by atoms with E-state index >= 15 is 0 Å². The summed E-state index contributed by atoms with van der Waals surface area (Å²) in [5.74, 6) is -0.460. The van der Waals surface area contributed by atoms with Gasteiger partial charge in [0.2, 0.25) is 0 Å². The van der Waals surface area contributed by atoms with Gasteiger partial charge in [0.1, 0.15) is 23.7 Å². The van der Waals surface area contributed by atoms with Gasteiger partial charge in [-0.3, -0.25) is 19.6 Å². The smallest absolute Gasteiger partial charge is 0.312 e. The van der Waals surface area contributed by atoms with Crippen LogP contribution >= 0.6 is 0 Å². The minimum atomic E-state index is -0.479. The van der Waals surface area contributed by atoms with E-state index in [2.05, 4.69) is 5.10 Å². The first-order valence-electron chi connectivity index (χ1n) is 8.81. The topological polar surface area (TPSA) is 83.0 Å². The van der Waals surface area contributed by atoms with Crippen LogP contribution < -0.4 is 0 Å². The molecule has 7 nitrogen and oxygen atoms in total. The Balaban J connectivity index is 1.86. The van der Waals surface area contributed by atoms with E-state index in [-0.39, 0.29) is 29.5 Å². The number of carbonyl (C=O) groups is 1. The zero-order valence-corrected chi connectivity index (χ0v) is 16.2. The third kappa shape index (κ3) is 3.58. The van der Waals surface area contributed by atoms with E-state index in [4.69, 9.17) is 0 Å². The Hall–Kier alpha value is -3.29. The van der Waals surface area contributed by atoms with E-state index in [0.717, 1.165) is 17.0 Å². The van der Waals surface area contributed by atoms with Gasteiger partial charge in [0.15, 0.2) is 5.78 Å². The standard InChI is InChI=1S/C20H21FN4O3/c1-12-9-18(14(3)23(12)10-16-5-7-17(21)8-6-16)19(26)11-24-15(4)20(25(27)28)13(2)22-24/h5-9H,10-11H2,1-4H3. The Morgan fingerprint density at radius 3 is 2.36 bits per heavy atom. The molecule has 28 heavy (non-hydrogen) atoms. The molecule has 0 saturated heterocycles.